The van der Waals surface area contributed by atoms with Crippen LogP contribution in [0.3, 0.4) is 0 Å². The lowest BCUT2D eigenvalue weighted by molar-refractivity contribution is -0.144. The zero-order valence-corrected chi connectivity index (χ0v) is 21.3. The van der Waals surface area contributed by atoms with Crippen molar-refractivity contribution in [3.05, 3.63) is 59.3 Å². The molecule has 2 unspecified atom stereocenters. The summed E-state index contributed by atoms with van der Waals surface area (Å²) < 4.78 is 16.7. The summed E-state index contributed by atoms with van der Waals surface area (Å²) in [6.45, 7) is 9.21. The molecule has 36 heavy (non-hydrogen) atoms. The third-order valence-electron chi connectivity index (χ3n) is 6.83. The molecule has 2 atom stereocenters. The second kappa shape index (κ2) is 12.3. The molecule has 0 spiro atoms. The van der Waals surface area contributed by atoms with Crippen LogP contribution < -0.4 is 5.32 Å². The molecule has 0 radical (unpaired) electrons. The van der Waals surface area contributed by atoms with Gasteiger partial charge in [0.2, 0.25) is 0 Å². The van der Waals surface area contributed by atoms with Gasteiger partial charge in [0, 0.05) is 44.4 Å². The minimum Gasteiger partial charge on any atom is -0.468 e. The highest BCUT2D eigenvalue weighted by Crippen LogP contribution is 2.42. The first-order valence-corrected chi connectivity index (χ1v) is 12.6. The third kappa shape index (κ3) is 5.67. The first-order chi connectivity index (χ1) is 17.5. The Kier molecular flexibility index (Phi) is 8.85. The van der Waals surface area contributed by atoms with Crippen molar-refractivity contribution < 1.29 is 23.8 Å². The van der Waals surface area contributed by atoms with E-state index in [0.717, 1.165) is 49.1 Å². The van der Waals surface area contributed by atoms with Crippen molar-refractivity contribution in [1.82, 2.24) is 10.2 Å². The average molecular weight is 494 g/mol. The standard InChI is InChI=1S/C28H35N3O5/c1-4-36-28(33)26-23(18-35-17-16-31-14-12-29-13-15-31)30-19(2)24(27(32)34-3)25(26)22-11-7-9-20-8-5-6-10-21(20)22/h5-11,24-25,29H,4,12-18H2,1-3H3. The molecule has 1 fully saturated rings. The van der Waals surface area contributed by atoms with E-state index in [1.54, 1.807) is 6.92 Å². The number of nitrogens with one attached hydrogen (secondary N) is 1. The van der Waals surface area contributed by atoms with Crippen LogP contribution >= 0.6 is 0 Å². The maximum absolute atomic E-state index is 13.4. The van der Waals surface area contributed by atoms with Gasteiger partial charge in [0.05, 0.1) is 38.2 Å². The predicted octanol–water partition coefficient (Wildman–Crippen LogP) is 2.93. The number of methoxy groups -OCH3 is 1. The van der Waals surface area contributed by atoms with Gasteiger partial charge in [-0.25, -0.2) is 4.79 Å². The summed E-state index contributed by atoms with van der Waals surface area (Å²) in [5.41, 5.74) is 2.31. The Bertz CT molecular complexity index is 1150. The molecule has 0 amide bonds. The van der Waals surface area contributed by atoms with E-state index in [4.69, 9.17) is 19.2 Å². The number of carbonyl (C=O) groups is 2. The van der Waals surface area contributed by atoms with Crippen LogP contribution in [0.4, 0.5) is 0 Å². The Morgan fingerprint density at radius 2 is 1.86 bits per heavy atom. The largest absolute Gasteiger partial charge is 0.468 e. The summed E-state index contributed by atoms with van der Waals surface area (Å²) in [6, 6.07) is 13.9. The summed E-state index contributed by atoms with van der Waals surface area (Å²) in [4.78, 5) is 33.5. The highest BCUT2D eigenvalue weighted by Gasteiger charge is 2.43. The van der Waals surface area contributed by atoms with E-state index in [0.29, 0.717) is 23.6 Å². The molecule has 8 nitrogen and oxygen atoms in total. The van der Waals surface area contributed by atoms with Gasteiger partial charge in [0.1, 0.15) is 5.92 Å². The van der Waals surface area contributed by atoms with E-state index < -0.39 is 23.8 Å². The Hall–Kier alpha value is -3.07. The van der Waals surface area contributed by atoms with Crippen LogP contribution in [-0.4, -0.2) is 82.2 Å². The monoisotopic (exact) mass is 493 g/mol. The fraction of sp³-hybridized carbons (Fsp3) is 0.464. The van der Waals surface area contributed by atoms with Crippen LogP contribution in [0.2, 0.25) is 0 Å². The summed E-state index contributed by atoms with van der Waals surface area (Å²) in [7, 11) is 1.36. The third-order valence-corrected chi connectivity index (χ3v) is 6.83. The van der Waals surface area contributed by atoms with Gasteiger partial charge in [-0.05, 0) is 30.2 Å². The number of aliphatic imine (C=N–C) groups is 1. The van der Waals surface area contributed by atoms with E-state index in [9.17, 15) is 9.59 Å². The molecule has 8 heteroatoms. The van der Waals surface area contributed by atoms with Crippen LogP contribution in [0.1, 0.15) is 25.3 Å². The van der Waals surface area contributed by atoms with Gasteiger partial charge in [-0.15, -0.1) is 0 Å². The van der Waals surface area contributed by atoms with E-state index in [1.807, 2.05) is 49.4 Å². The van der Waals surface area contributed by atoms with Gasteiger partial charge in [0.15, 0.2) is 0 Å². The molecule has 192 valence electrons. The number of carbonyl (C=O) groups excluding carboxylic acids is 2. The Morgan fingerprint density at radius 1 is 1.11 bits per heavy atom. The second-order valence-electron chi connectivity index (χ2n) is 9.03. The van der Waals surface area contributed by atoms with Crippen molar-refractivity contribution in [3.63, 3.8) is 0 Å². The molecule has 1 saturated heterocycles. The average Bonchev–Trinajstić information content (AvgIpc) is 2.90. The highest BCUT2D eigenvalue weighted by atomic mass is 16.5. The molecule has 2 heterocycles. The lowest BCUT2D eigenvalue weighted by atomic mass is 9.74. The first kappa shape index (κ1) is 26.0. The summed E-state index contributed by atoms with van der Waals surface area (Å²) in [5, 5.41) is 5.34. The number of hydrogen-bond acceptors (Lipinski definition) is 8. The molecule has 2 aliphatic heterocycles. The molecule has 1 N–H and O–H groups in total. The Morgan fingerprint density at radius 3 is 2.61 bits per heavy atom. The molecule has 4 rings (SSSR count). The number of fused-ring (bicyclic) bond motifs is 1. The Balaban J connectivity index is 1.73. The molecule has 2 aliphatic rings. The van der Waals surface area contributed by atoms with Crippen LogP contribution in [0.5, 0.6) is 0 Å². The van der Waals surface area contributed by atoms with Crippen molar-refractivity contribution in [1.29, 1.82) is 0 Å². The van der Waals surface area contributed by atoms with Gasteiger partial charge in [-0.1, -0.05) is 42.5 Å². The topological polar surface area (TPSA) is 89.5 Å². The summed E-state index contributed by atoms with van der Waals surface area (Å²) >= 11 is 0. The fourth-order valence-corrected chi connectivity index (χ4v) is 5.08. The lowest BCUT2D eigenvalue weighted by Gasteiger charge is -2.32. The Labute approximate surface area is 212 Å². The van der Waals surface area contributed by atoms with Crippen LogP contribution in [0.25, 0.3) is 10.8 Å². The molecule has 0 aliphatic carbocycles. The number of piperazine rings is 1. The van der Waals surface area contributed by atoms with E-state index in [-0.39, 0.29) is 13.2 Å². The molecule has 2 aromatic carbocycles. The van der Waals surface area contributed by atoms with E-state index in [1.165, 1.54) is 7.11 Å². The van der Waals surface area contributed by atoms with Crippen LogP contribution in [0.15, 0.2) is 58.7 Å². The van der Waals surface area contributed by atoms with E-state index in [2.05, 4.69) is 10.2 Å². The summed E-state index contributed by atoms with van der Waals surface area (Å²) in [6.07, 6.45) is 0. The normalized spacial score (nSPS) is 20.8. The zero-order chi connectivity index (χ0) is 25.5. The minimum absolute atomic E-state index is 0.159. The predicted molar refractivity (Wildman–Crippen MR) is 139 cm³/mol. The van der Waals surface area contributed by atoms with Crippen molar-refractivity contribution in [2.24, 2.45) is 10.9 Å². The quantitative estimate of drug-likeness (QED) is 0.424. The fourth-order valence-electron chi connectivity index (χ4n) is 5.08. The minimum atomic E-state index is -0.746. The van der Waals surface area contributed by atoms with Gasteiger partial charge >= 0.3 is 11.9 Å². The van der Waals surface area contributed by atoms with Gasteiger partial charge in [0.25, 0.3) is 0 Å². The maximum Gasteiger partial charge on any atom is 0.336 e. The van der Waals surface area contributed by atoms with Gasteiger partial charge < -0.3 is 19.5 Å². The van der Waals surface area contributed by atoms with Crippen molar-refractivity contribution in [3.8, 4) is 0 Å². The summed E-state index contributed by atoms with van der Waals surface area (Å²) in [5.74, 6) is -2.27. The molecular weight excluding hydrogens is 458 g/mol. The number of nitrogens with zero attached hydrogens (tertiary/aromatic N) is 2. The van der Waals surface area contributed by atoms with Crippen LogP contribution in [-0.2, 0) is 23.8 Å². The van der Waals surface area contributed by atoms with Crippen molar-refractivity contribution >= 4 is 28.4 Å². The smallest absolute Gasteiger partial charge is 0.336 e. The first-order valence-electron chi connectivity index (χ1n) is 12.6. The molecule has 0 bridgehead atoms. The lowest BCUT2D eigenvalue weighted by Crippen LogP contribution is -2.44. The van der Waals surface area contributed by atoms with Crippen LogP contribution in [0, 0.1) is 5.92 Å². The van der Waals surface area contributed by atoms with Gasteiger partial charge in [-0.3, -0.25) is 14.7 Å². The SMILES string of the molecule is CCOC(=O)C1=C(COCCN2CCNCC2)N=C(C)C(C(=O)OC)C1c1cccc2ccccc12. The zero-order valence-electron chi connectivity index (χ0n) is 21.3. The van der Waals surface area contributed by atoms with Crippen molar-refractivity contribution in [2.75, 3.05) is 59.7 Å². The second-order valence-corrected chi connectivity index (χ2v) is 9.03. The maximum atomic E-state index is 13.4. The molecule has 2 aromatic rings. The number of rotatable bonds is 9. The highest BCUT2D eigenvalue weighted by molar-refractivity contribution is 6.08. The number of ether oxygens (including phenoxy) is 3. The number of esters is 2. The van der Waals surface area contributed by atoms with Gasteiger partial charge in [-0.2, -0.15) is 0 Å². The molecule has 0 saturated carbocycles. The van der Waals surface area contributed by atoms with E-state index >= 15 is 0 Å². The molecule has 0 aromatic heterocycles. The van der Waals surface area contributed by atoms with Crippen molar-refractivity contribution in [2.45, 2.75) is 19.8 Å². The number of hydrogen-bond donors (Lipinski definition) is 1. The number of benzene rings is 2. The molecular formula is C28H35N3O5.